The first kappa shape index (κ1) is 15.0. The van der Waals surface area contributed by atoms with Gasteiger partial charge in [-0.15, -0.1) is 0 Å². The first-order chi connectivity index (χ1) is 8.73. The van der Waals surface area contributed by atoms with Gasteiger partial charge in [-0.25, -0.2) is 4.79 Å². The molecule has 0 radical (unpaired) electrons. The fourth-order valence-corrected chi connectivity index (χ4v) is 1.47. The van der Waals surface area contributed by atoms with Gasteiger partial charge in [-0.05, 0) is 39.8 Å². The molecule has 0 fully saturated rings. The van der Waals surface area contributed by atoms with Crippen LogP contribution in [0.4, 0.5) is 0 Å². The highest BCUT2D eigenvalue weighted by molar-refractivity contribution is 5.93. The Hall–Kier alpha value is -2.04. The highest BCUT2D eigenvalue weighted by atomic mass is 16.5. The van der Waals surface area contributed by atoms with Crippen molar-refractivity contribution < 1.29 is 18.7 Å². The van der Waals surface area contributed by atoms with E-state index in [4.69, 9.17) is 4.42 Å². The second-order valence-corrected chi connectivity index (χ2v) is 5.18. The molecule has 104 valence electrons. The van der Waals surface area contributed by atoms with Crippen LogP contribution in [-0.2, 0) is 9.53 Å². The number of methoxy groups -OCH3 is 1. The number of nitrogens with one attached hydrogen (secondary N) is 1. The number of amides is 1. The van der Waals surface area contributed by atoms with Crippen molar-refractivity contribution in [1.29, 1.82) is 0 Å². The second kappa shape index (κ2) is 5.73. The van der Waals surface area contributed by atoms with E-state index in [0.29, 0.717) is 17.1 Å². The Morgan fingerprint density at radius 1 is 1.37 bits per heavy atom. The molecule has 0 aromatic carbocycles. The Bertz CT molecular complexity index is 506. The summed E-state index contributed by atoms with van der Waals surface area (Å²) in [6.45, 7) is 7.35. The zero-order chi connectivity index (χ0) is 14.6. The molecule has 1 heterocycles. The highest BCUT2D eigenvalue weighted by Crippen LogP contribution is 2.16. The molecular weight excluding hydrogens is 246 g/mol. The number of carbonyl (C=O) groups is 2. The molecule has 0 atom stereocenters. The van der Waals surface area contributed by atoms with Crippen molar-refractivity contribution in [2.75, 3.05) is 7.11 Å². The summed E-state index contributed by atoms with van der Waals surface area (Å²) in [5.41, 5.74) is 0.0656. The second-order valence-electron chi connectivity index (χ2n) is 5.18. The molecule has 0 aliphatic carbocycles. The number of furan rings is 1. The Morgan fingerprint density at radius 2 is 2.00 bits per heavy atom. The van der Waals surface area contributed by atoms with Crippen molar-refractivity contribution in [2.45, 2.75) is 33.2 Å². The summed E-state index contributed by atoms with van der Waals surface area (Å²) < 4.78 is 9.97. The van der Waals surface area contributed by atoms with E-state index in [-0.39, 0.29) is 11.4 Å². The molecule has 19 heavy (non-hydrogen) atoms. The van der Waals surface area contributed by atoms with Crippen LogP contribution in [0, 0.1) is 6.92 Å². The van der Waals surface area contributed by atoms with Crippen LogP contribution >= 0.6 is 0 Å². The quantitative estimate of drug-likeness (QED) is 0.672. The van der Waals surface area contributed by atoms with Crippen molar-refractivity contribution in [3.05, 3.63) is 29.2 Å². The van der Waals surface area contributed by atoms with E-state index in [0.717, 1.165) is 0 Å². The number of esters is 1. The predicted molar refractivity (Wildman–Crippen MR) is 71.7 cm³/mol. The van der Waals surface area contributed by atoms with Gasteiger partial charge >= 0.3 is 5.97 Å². The molecule has 5 heteroatoms. The SMILES string of the molecule is COC(=O)c1cc(C=CC(=O)NC(C)(C)C)oc1C. The number of ether oxygens (including phenoxy) is 1. The molecular formula is C14H19NO4. The van der Waals surface area contributed by atoms with Gasteiger partial charge in [0.25, 0.3) is 0 Å². The molecule has 1 N–H and O–H groups in total. The molecule has 0 aliphatic rings. The molecule has 0 bridgehead atoms. The molecule has 5 nitrogen and oxygen atoms in total. The van der Waals surface area contributed by atoms with Crippen LogP contribution in [0.25, 0.3) is 6.08 Å². The van der Waals surface area contributed by atoms with Crippen LogP contribution in [0.5, 0.6) is 0 Å². The largest absolute Gasteiger partial charge is 0.465 e. The third kappa shape index (κ3) is 4.62. The van der Waals surface area contributed by atoms with E-state index in [1.54, 1.807) is 13.0 Å². The average Bonchev–Trinajstić information content (AvgIpc) is 2.65. The molecule has 1 amide bonds. The van der Waals surface area contributed by atoms with E-state index in [2.05, 4.69) is 10.1 Å². The maximum absolute atomic E-state index is 11.6. The van der Waals surface area contributed by atoms with Crippen LogP contribution in [-0.4, -0.2) is 24.5 Å². The lowest BCUT2D eigenvalue weighted by Gasteiger charge is -2.18. The molecule has 1 aromatic heterocycles. The zero-order valence-corrected chi connectivity index (χ0v) is 11.9. The minimum absolute atomic E-state index is 0.221. The molecule has 0 saturated heterocycles. The standard InChI is InChI=1S/C14H19NO4/c1-9-11(13(17)18-5)8-10(19-9)6-7-12(16)15-14(2,3)4/h6-8H,1-5H3,(H,15,16). The van der Waals surface area contributed by atoms with Gasteiger partial charge in [-0.3, -0.25) is 4.79 Å². The Balaban J connectivity index is 2.78. The van der Waals surface area contributed by atoms with Gasteiger partial charge in [-0.2, -0.15) is 0 Å². The van der Waals surface area contributed by atoms with Crippen LogP contribution in [0.2, 0.25) is 0 Å². The van der Waals surface area contributed by atoms with E-state index in [9.17, 15) is 9.59 Å². The molecule has 0 unspecified atom stereocenters. The smallest absolute Gasteiger partial charge is 0.341 e. The van der Waals surface area contributed by atoms with Crippen molar-refractivity contribution in [1.82, 2.24) is 5.32 Å². The summed E-state index contributed by atoms with van der Waals surface area (Å²) in [6, 6.07) is 1.54. The number of carbonyl (C=O) groups excluding carboxylic acids is 2. The Morgan fingerprint density at radius 3 is 2.53 bits per heavy atom. The lowest BCUT2D eigenvalue weighted by Crippen LogP contribution is -2.39. The van der Waals surface area contributed by atoms with Crippen molar-refractivity contribution in [2.24, 2.45) is 0 Å². The van der Waals surface area contributed by atoms with Crippen molar-refractivity contribution in [3.63, 3.8) is 0 Å². The number of aryl methyl sites for hydroxylation is 1. The van der Waals surface area contributed by atoms with Crippen molar-refractivity contribution in [3.8, 4) is 0 Å². The molecule has 0 spiro atoms. The van der Waals surface area contributed by atoms with Gasteiger partial charge in [0, 0.05) is 11.6 Å². The maximum Gasteiger partial charge on any atom is 0.341 e. The highest BCUT2D eigenvalue weighted by Gasteiger charge is 2.15. The van der Waals surface area contributed by atoms with Gasteiger partial charge in [0.2, 0.25) is 5.91 Å². The normalized spacial score (nSPS) is 11.6. The first-order valence-electron chi connectivity index (χ1n) is 5.92. The van der Waals surface area contributed by atoms with E-state index < -0.39 is 5.97 Å². The van der Waals surface area contributed by atoms with E-state index in [1.807, 2.05) is 20.8 Å². The summed E-state index contributed by atoms with van der Waals surface area (Å²) in [4.78, 5) is 23.0. The van der Waals surface area contributed by atoms with E-state index in [1.165, 1.54) is 19.3 Å². The number of hydrogen-bond acceptors (Lipinski definition) is 4. The Kier molecular flexibility index (Phi) is 4.53. The summed E-state index contributed by atoms with van der Waals surface area (Å²) in [6.07, 6.45) is 2.88. The van der Waals surface area contributed by atoms with Gasteiger partial charge in [-0.1, -0.05) is 0 Å². The van der Waals surface area contributed by atoms with Gasteiger partial charge in [0.05, 0.1) is 7.11 Å². The monoisotopic (exact) mass is 265 g/mol. The van der Waals surface area contributed by atoms with Crippen LogP contribution in [0.3, 0.4) is 0 Å². The topological polar surface area (TPSA) is 68.5 Å². The zero-order valence-electron chi connectivity index (χ0n) is 11.9. The van der Waals surface area contributed by atoms with Crippen LogP contribution < -0.4 is 5.32 Å². The summed E-state index contributed by atoms with van der Waals surface area (Å²) >= 11 is 0. The van der Waals surface area contributed by atoms with Crippen molar-refractivity contribution >= 4 is 18.0 Å². The number of rotatable bonds is 3. The summed E-state index contributed by atoms with van der Waals surface area (Å²) in [7, 11) is 1.31. The fraction of sp³-hybridized carbons (Fsp3) is 0.429. The fourth-order valence-electron chi connectivity index (χ4n) is 1.47. The van der Waals surface area contributed by atoms with Crippen LogP contribution in [0.15, 0.2) is 16.6 Å². The molecule has 0 saturated carbocycles. The lowest BCUT2D eigenvalue weighted by atomic mass is 10.1. The van der Waals surface area contributed by atoms with Gasteiger partial charge in [0.15, 0.2) is 0 Å². The number of hydrogen-bond donors (Lipinski definition) is 1. The van der Waals surface area contributed by atoms with Gasteiger partial charge in [0.1, 0.15) is 17.1 Å². The Labute approximate surface area is 112 Å². The maximum atomic E-state index is 11.6. The minimum Gasteiger partial charge on any atom is -0.465 e. The third-order valence-corrected chi connectivity index (χ3v) is 2.24. The minimum atomic E-state index is -0.458. The lowest BCUT2D eigenvalue weighted by molar-refractivity contribution is -0.117. The molecule has 0 aliphatic heterocycles. The summed E-state index contributed by atoms with van der Waals surface area (Å²) in [5, 5.41) is 2.79. The molecule has 1 rings (SSSR count). The summed E-state index contributed by atoms with van der Waals surface area (Å²) in [5.74, 6) is 0.214. The first-order valence-corrected chi connectivity index (χ1v) is 5.92. The molecule has 1 aromatic rings. The van der Waals surface area contributed by atoms with Gasteiger partial charge < -0.3 is 14.5 Å². The predicted octanol–water partition coefficient (Wildman–Crippen LogP) is 2.30. The third-order valence-electron chi connectivity index (χ3n) is 2.24. The van der Waals surface area contributed by atoms with E-state index >= 15 is 0 Å². The average molecular weight is 265 g/mol. The van der Waals surface area contributed by atoms with Crippen LogP contribution in [0.1, 0.15) is 42.6 Å².